The van der Waals surface area contributed by atoms with Crippen molar-refractivity contribution in [3.05, 3.63) is 77.5 Å². The third-order valence-electron chi connectivity index (χ3n) is 5.79. The molecule has 3 heterocycles. The Hall–Kier alpha value is -4.40. The van der Waals surface area contributed by atoms with Crippen molar-refractivity contribution in [2.75, 3.05) is 14.2 Å². The molecule has 0 aliphatic heterocycles. The van der Waals surface area contributed by atoms with Crippen LogP contribution in [0.15, 0.2) is 60.0 Å². The summed E-state index contributed by atoms with van der Waals surface area (Å²) in [6, 6.07) is 15.4. The van der Waals surface area contributed by atoms with Crippen LogP contribution >= 0.6 is 0 Å². The Morgan fingerprint density at radius 3 is 2.26 bits per heavy atom. The molecular formula is C25H24N6O3. The highest BCUT2D eigenvalue weighted by Gasteiger charge is 2.19. The highest BCUT2D eigenvalue weighted by atomic mass is 16.6. The maximum absolute atomic E-state index is 5.43. The summed E-state index contributed by atoms with van der Waals surface area (Å²) in [5.74, 6) is 2.12. The number of rotatable bonds is 7. The van der Waals surface area contributed by atoms with Crippen molar-refractivity contribution < 1.29 is 14.3 Å². The number of hydrogen-bond donors (Lipinski definition) is 0. The summed E-state index contributed by atoms with van der Waals surface area (Å²) >= 11 is 0. The van der Waals surface area contributed by atoms with E-state index in [1.54, 1.807) is 31.3 Å². The van der Waals surface area contributed by atoms with E-state index in [9.17, 15) is 0 Å². The number of methoxy groups -OCH3 is 2. The normalized spacial score (nSPS) is 11.5. The van der Waals surface area contributed by atoms with Gasteiger partial charge in [0, 0.05) is 11.4 Å². The standard InChI is InChI=1S/C25H24N6O3/c1-16-17(2)31(19-7-11-21(33-4)12-8-19)24-23(16)25-28-22(29-30(25)15-26-24)14-34-27-13-18-5-9-20(32-3)10-6-18/h5-13,15H,14H2,1-4H3/b27-13-. The van der Waals surface area contributed by atoms with Crippen LogP contribution in [0, 0.1) is 13.8 Å². The van der Waals surface area contributed by atoms with Crippen molar-refractivity contribution in [1.82, 2.24) is 24.1 Å². The van der Waals surface area contributed by atoms with Crippen LogP contribution in [0.5, 0.6) is 11.5 Å². The van der Waals surface area contributed by atoms with E-state index in [1.165, 1.54) is 0 Å². The van der Waals surface area contributed by atoms with Crippen molar-refractivity contribution in [2.24, 2.45) is 5.16 Å². The minimum atomic E-state index is 0.146. The first-order valence-electron chi connectivity index (χ1n) is 10.7. The summed E-state index contributed by atoms with van der Waals surface area (Å²) in [6.07, 6.45) is 3.31. The topological polar surface area (TPSA) is 88.1 Å². The van der Waals surface area contributed by atoms with E-state index < -0.39 is 0 Å². The van der Waals surface area contributed by atoms with Crippen LogP contribution in [0.1, 0.15) is 22.6 Å². The van der Waals surface area contributed by atoms with Gasteiger partial charge < -0.3 is 14.3 Å². The molecule has 0 aliphatic rings. The quantitative estimate of drug-likeness (QED) is 0.269. The second-order valence-corrected chi connectivity index (χ2v) is 7.76. The Balaban J connectivity index is 1.42. The lowest BCUT2D eigenvalue weighted by molar-refractivity contribution is 0.126. The van der Waals surface area contributed by atoms with E-state index in [-0.39, 0.29) is 6.61 Å². The van der Waals surface area contributed by atoms with Gasteiger partial charge in [0.1, 0.15) is 17.8 Å². The molecule has 0 radical (unpaired) electrons. The van der Waals surface area contributed by atoms with Crippen LogP contribution in [0.25, 0.3) is 22.4 Å². The lowest BCUT2D eigenvalue weighted by Crippen LogP contribution is -1.99. The van der Waals surface area contributed by atoms with E-state index in [1.807, 2.05) is 48.5 Å². The van der Waals surface area contributed by atoms with Gasteiger partial charge in [-0.2, -0.15) is 0 Å². The SMILES string of the molecule is COc1ccc(/C=N\OCc2nc3c4c(C)c(C)n(-c5ccc(OC)cc5)c4ncn3n2)cc1. The van der Waals surface area contributed by atoms with Crippen molar-refractivity contribution in [2.45, 2.75) is 20.5 Å². The first-order chi connectivity index (χ1) is 16.6. The van der Waals surface area contributed by atoms with E-state index in [2.05, 4.69) is 33.7 Å². The second-order valence-electron chi connectivity index (χ2n) is 7.76. The Labute approximate surface area is 196 Å². The van der Waals surface area contributed by atoms with E-state index in [0.29, 0.717) is 5.82 Å². The molecule has 5 rings (SSSR count). The van der Waals surface area contributed by atoms with Crippen molar-refractivity contribution in [1.29, 1.82) is 0 Å². The van der Waals surface area contributed by atoms with Gasteiger partial charge in [0.15, 0.2) is 23.7 Å². The zero-order chi connectivity index (χ0) is 23.7. The van der Waals surface area contributed by atoms with Crippen molar-refractivity contribution in [3.63, 3.8) is 0 Å². The smallest absolute Gasteiger partial charge is 0.192 e. The number of oxime groups is 1. The van der Waals surface area contributed by atoms with Crippen molar-refractivity contribution in [3.8, 4) is 17.2 Å². The molecule has 9 heteroatoms. The molecule has 3 aromatic heterocycles. The van der Waals surface area contributed by atoms with Crippen LogP contribution in [0.2, 0.25) is 0 Å². The molecule has 0 N–H and O–H groups in total. The summed E-state index contributed by atoms with van der Waals surface area (Å²) < 4.78 is 14.2. The van der Waals surface area contributed by atoms with Gasteiger partial charge in [0.25, 0.3) is 0 Å². The van der Waals surface area contributed by atoms with Crippen LogP contribution in [0.3, 0.4) is 0 Å². The summed E-state index contributed by atoms with van der Waals surface area (Å²) in [4.78, 5) is 14.8. The predicted molar refractivity (Wildman–Crippen MR) is 129 cm³/mol. The maximum Gasteiger partial charge on any atom is 0.192 e. The fraction of sp³-hybridized carbons (Fsp3) is 0.200. The van der Waals surface area contributed by atoms with Gasteiger partial charge in [0.05, 0.1) is 25.8 Å². The Morgan fingerprint density at radius 2 is 1.59 bits per heavy atom. The van der Waals surface area contributed by atoms with Crippen LogP contribution < -0.4 is 9.47 Å². The van der Waals surface area contributed by atoms with Gasteiger partial charge >= 0.3 is 0 Å². The van der Waals surface area contributed by atoms with Gasteiger partial charge in [-0.15, -0.1) is 5.10 Å². The van der Waals surface area contributed by atoms with Gasteiger partial charge in [0.2, 0.25) is 0 Å². The third-order valence-corrected chi connectivity index (χ3v) is 5.79. The average molecular weight is 457 g/mol. The van der Waals surface area contributed by atoms with Gasteiger partial charge in [-0.25, -0.2) is 14.5 Å². The number of fused-ring (bicyclic) bond motifs is 3. The largest absolute Gasteiger partial charge is 0.497 e. The van der Waals surface area contributed by atoms with E-state index in [4.69, 9.17) is 19.3 Å². The molecule has 34 heavy (non-hydrogen) atoms. The zero-order valence-corrected chi connectivity index (χ0v) is 19.4. The minimum absolute atomic E-state index is 0.146. The molecule has 0 amide bonds. The monoisotopic (exact) mass is 456 g/mol. The summed E-state index contributed by atoms with van der Waals surface area (Å²) in [6.45, 7) is 4.29. The fourth-order valence-corrected chi connectivity index (χ4v) is 3.90. The van der Waals surface area contributed by atoms with E-state index >= 15 is 0 Å². The number of aryl methyl sites for hydroxylation is 1. The summed E-state index contributed by atoms with van der Waals surface area (Å²) in [5, 5.41) is 9.49. The first kappa shape index (κ1) is 21.4. The number of benzene rings is 2. The molecule has 0 spiro atoms. The van der Waals surface area contributed by atoms with Crippen LogP contribution in [0.4, 0.5) is 0 Å². The van der Waals surface area contributed by atoms with Crippen LogP contribution in [-0.2, 0) is 11.4 Å². The molecular weight excluding hydrogens is 432 g/mol. The number of nitrogens with zero attached hydrogens (tertiary/aromatic N) is 6. The summed E-state index contributed by atoms with van der Waals surface area (Å²) in [7, 11) is 3.29. The molecule has 0 bridgehead atoms. The molecule has 9 nitrogen and oxygen atoms in total. The highest BCUT2D eigenvalue weighted by molar-refractivity contribution is 5.95. The Kier molecular flexibility index (Phi) is 5.59. The average Bonchev–Trinajstić information content (AvgIpc) is 3.40. The number of ether oxygens (including phenoxy) is 2. The molecule has 0 saturated heterocycles. The highest BCUT2D eigenvalue weighted by Crippen LogP contribution is 2.30. The number of hydrogen-bond acceptors (Lipinski definition) is 7. The second kappa shape index (κ2) is 8.86. The minimum Gasteiger partial charge on any atom is -0.497 e. The lowest BCUT2D eigenvalue weighted by atomic mass is 10.2. The van der Waals surface area contributed by atoms with E-state index in [0.717, 1.165) is 50.7 Å². The molecule has 0 atom stereocenters. The molecule has 5 aromatic rings. The third kappa shape index (κ3) is 3.81. The molecule has 0 fully saturated rings. The lowest BCUT2D eigenvalue weighted by Gasteiger charge is -2.08. The predicted octanol–water partition coefficient (Wildman–Crippen LogP) is 4.25. The molecule has 0 unspecified atom stereocenters. The first-order valence-corrected chi connectivity index (χ1v) is 10.7. The Morgan fingerprint density at radius 1 is 0.912 bits per heavy atom. The maximum atomic E-state index is 5.43. The molecule has 0 aliphatic carbocycles. The summed E-state index contributed by atoms with van der Waals surface area (Å²) in [5.41, 5.74) is 5.65. The fourth-order valence-electron chi connectivity index (χ4n) is 3.90. The Bertz CT molecular complexity index is 1480. The van der Waals surface area contributed by atoms with Gasteiger partial charge in [-0.3, -0.25) is 4.57 Å². The molecule has 172 valence electrons. The zero-order valence-electron chi connectivity index (χ0n) is 19.4. The van der Waals surface area contributed by atoms with Crippen LogP contribution in [-0.4, -0.2) is 44.6 Å². The molecule has 0 saturated carbocycles. The van der Waals surface area contributed by atoms with Gasteiger partial charge in [-0.1, -0.05) is 5.16 Å². The molecule has 2 aromatic carbocycles. The van der Waals surface area contributed by atoms with Crippen molar-refractivity contribution >= 4 is 22.9 Å². The van der Waals surface area contributed by atoms with Gasteiger partial charge in [-0.05, 0) is 73.5 Å². The number of aromatic nitrogens is 5.